The van der Waals surface area contributed by atoms with E-state index in [0.717, 1.165) is 46.4 Å². The summed E-state index contributed by atoms with van der Waals surface area (Å²) in [4.78, 5) is 16.9. The van der Waals surface area contributed by atoms with Gasteiger partial charge < -0.3 is 4.74 Å². The molecule has 0 radical (unpaired) electrons. The van der Waals surface area contributed by atoms with Crippen molar-refractivity contribution < 1.29 is 9.53 Å². The van der Waals surface area contributed by atoms with E-state index in [-0.39, 0.29) is 5.78 Å². The van der Waals surface area contributed by atoms with Crippen molar-refractivity contribution in [3.63, 3.8) is 0 Å². The van der Waals surface area contributed by atoms with Gasteiger partial charge in [0, 0.05) is 34.7 Å². The fourth-order valence-corrected chi connectivity index (χ4v) is 3.22. The maximum atomic E-state index is 12.8. The molecule has 0 aliphatic heterocycles. The summed E-state index contributed by atoms with van der Waals surface area (Å²) in [6, 6.07) is 19.6. The van der Waals surface area contributed by atoms with Gasteiger partial charge in [-0.1, -0.05) is 48.5 Å². The number of Topliss-reactive ketones (excluding diaryl/α,β-unsaturated/α-hetero) is 1. The summed E-state index contributed by atoms with van der Waals surface area (Å²) in [6.45, 7) is 0.449. The highest BCUT2D eigenvalue weighted by Crippen LogP contribution is 2.29. The van der Waals surface area contributed by atoms with Crippen LogP contribution in [0.15, 0.2) is 78.6 Å². The predicted molar refractivity (Wildman–Crippen MR) is 102 cm³/mol. The number of carbonyl (C=O) groups is 1. The van der Waals surface area contributed by atoms with E-state index < -0.39 is 0 Å². The van der Waals surface area contributed by atoms with Crippen molar-refractivity contribution in [2.45, 2.75) is 19.4 Å². The minimum Gasteiger partial charge on any atom is -0.488 e. The molecule has 0 N–H and O–H groups in total. The number of aromatic nitrogens is 1. The average molecular weight is 341 g/mol. The maximum Gasteiger partial charge on any atom is 0.189 e. The van der Waals surface area contributed by atoms with Crippen LogP contribution in [0.3, 0.4) is 0 Å². The van der Waals surface area contributed by atoms with Gasteiger partial charge in [-0.25, -0.2) is 0 Å². The number of carbonyl (C=O) groups excluding carboxylic acids is 1. The summed E-state index contributed by atoms with van der Waals surface area (Å²) in [6.07, 6.45) is 7.16. The Balaban J connectivity index is 1.59. The highest BCUT2D eigenvalue weighted by Gasteiger charge is 2.21. The number of benzene rings is 2. The first-order chi connectivity index (χ1) is 12.8. The number of aryl methyl sites for hydroxylation is 1. The van der Waals surface area contributed by atoms with Gasteiger partial charge in [0.2, 0.25) is 0 Å². The van der Waals surface area contributed by atoms with Crippen molar-refractivity contribution in [3.05, 3.63) is 101 Å². The monoisotopic (exact) mass is 341 g/mol. The molecule has 0 amide bonds. The molecule has 0 spiro atoms. The number of fused-ring (bicyclic) bond motifs is 1. The van der Waals surface area contributed by atoms with Crippen LogP contribution in [0.25, 0.3) is 6.08 Å². The topological polar surface area (TPSA) is 39.2 Å². The zero-order chi connectivity index (χ0) is 17.8. The van der Waals surface area contributed by atoms with Gasteiger partial charge >= 0.3 is 0 Å². The molecule has 3 heteroatoms. The van der Waals surface area contributed by atoms with Crippen molar-refractivity contribution >= 4 is 11.9 Å². The second-order valence-corrected chi connectivity index (χ2v) is 6.34. The third-order valence-corrected chi connectivity index (χ3v) is 4.58. The second-order valence-electron chi connectivity index (χ2n) is 6.34. The Labute approximate surface area is 153 Å². The molecule has 128 valence electrons. The van der Waals surface area contributed by atoms with Crippen molar-refractivity contribution in [2.75, 3.05) is 0 Å². The van der Waals surface area contributed by atoms with Crippen molar-refractivity contribution in [3.8, 4) is 5.75 Å². The SMILES string of the molecule is O=C1/C(=C/c2ccccc2OCc2cccnc2)CCc2ccccc21. The third-order valence-electron chi connectivity index (χ3n) is 4.58. The van der Waals surface area contributed by atoms with Crippen LogP contribution < -0.4 is 4.74 Å². The first-order valence-electron chi connectivity index (χ1n) is 8.75. The van der Waals surface area contributed by atoms with Crippen LogP contribution in [0, 0.1) is 0 Å². The van der Waals surface area contributed by atoms with Gasteiger partial charge in [-0.15, -0.1) is 0 Å². The summed E-state index contributed by atoms with van der Waals surface area (Å²) >= 11 is 0. The van der Waals surface area contributed by atoms with Crippen molar-refractivity contribution in [2.24, 2.45) is 0 Å². The quantitative estimate of drug-likeness (QED) is 0.635. The Hall–Kier alpha value is -3.20. The van der Waals surface area contributed by atoms with E-state index in [1.807, 2.05) is 66.7 Å². The van der Waals surface area contributed by atoms with E-state index in [1.54, 1.807) is 12.4 Å². The summed E-state index contributed by atoms with van der Waals surface area (Å²) in [5.74, 6) is 0.893. The highest BCUT2D eigenvalue weighted by atomic mass is 16.5. The van der Waals surface area contributed by atoms with E-state index in [2.05, 4.69) is 4.98 Å². The Morgan fingerprint density at radius 3 is 2.69 bits per heavy atom. The fourth-order valence-electron chi connectivity index (χ4n) is 3.22. The zero-order valence-corrected chi connectivity index (χ0v) is 14.4. The molecule has 0 atom stereocenters. The smallest absolute Gasteiger partial charge is 0.189 e. The molecule has 0 saturated carbocycles. The molecule has 2 aromatic carbocycles. The molecule has 0 unspecified atom stereocenters. The van der Waals surface area contributed by atoms with E-state index >= 15 is 0 Å². The van der Waals surface area contributed by atoms with E-state index in [0.29, 0.717) is 6.61 Å². The average Bonchev–Trinajstić information content (AvgIpc) is 2.70. The molecule has 1 aliphatic carbocycles. The molecule has 0 fully saturated rings. The van der Waals surface area contributed by atoms with Gasteiger partial charge in [-0.2, -0.15) is 0 Å². The van der Waals surface area contributed by atoms with Gasteiger partial charge in [-0.05, 0) is 36.6 Å². The molecular weight excluding hydrogens is 322 g/mol. The number of ketones is 1. The lowest BCUT2D eigenvalue weighted by Gasteiger charge is -2.17. The molecule has 4 rings (SSSR count). The first kappa shape index (κ1) is 16.3. The lowest BCUT2D eigenvalue weighted by atomic mass is 9.86. The Kier molecular flexibility index (Phi) is 4.61. The van der Waals surface area contributed by atoms with Crippen LogP contribution in [0.2, 0.25) is 0 Å². The minimum atomic E-state index is 0.119. The van der Waals surface area contributed by atoms with Crippen LogP contribution in [-0.2, 0) is 13.0 Å². The summed E-state index contributed by atoms with van der Waals surface area (Å²) in [5.41, 5.74) is 4.73. The normalized spacial score (nSPS) is 14.9. The van der Waals surface area contributed by atoms with Crippen molar-refractivity contribution in [1.29, 1.82) is 0 Å². The number of allylic oxidation sites excluding steroid dienone is 1. The third kappa shape index (κ3) is 3.42. The van der Waals surface area contributed by atoms with E-state index in [9.17, 15) is 4.79 Å². The standard InChI is InChI=1S/C23H19NO2/c25-23-20(12-11-18-7-1-3-9-21(18)23)14-19-8-2-4-10-22(19)26-16-17-6-5-13-24-15-17/h1-10,13-15H,11-12,16H2/b20-14+. The number of hydrogen-bond donors (Lipinski definition) is 0. The number of pyridine rings is 1. The highest BCUT2D eigenvalue weighted by molar-refractivity contribution is 6.13. The van der Waals surface area contributed by atoms with Gasteiger partial charge in [0.1, 0.15) is 12.4 Å². The van der Waals surface area contributed by atoms with Gasteiger partial charge in [-0.3, -0.25) is 9.78 Å². The number of para-hydroxylation sites is 1. The van der Waals surface area contributed by atoms with Crippen LogP contribution >= 0.6 is 0 Å². The lowest BCUT2D eigenvalue weighted by molar-refractivity contribution is 0.102. The number of rotatable bonds is 4. The minimum absolute atomic E-state index is 0.119. The molecule has 0 saturated heterocycles. The first-order valence-corrected chi connectivity index (χ1v) is 8.75. The van der Waals surface area contributed by atoms with Crippen LogP contribution in [0.1, 0.15) is 33.5 Å². The van der Waals surface area contributed by atoms with Gasteiger partial charge in [0.25, 0.3) is 0 Å². The van der Waals surface area contributed by atoms with E-state index in [4.69, 9.17) is 4.74 Å². The van der Waals surface area contributed by atoms with Gasteiger partial charge in [0.15, 0.2) is 5.78 Å². The summed E-state index contributed by atoms with van der Waals surface area (Å²) < 4.78 is 5.97. The number of hydrogen-bond acceptors (Lipinski definition) is 3. The van der Waals surface area contributed by atoms with Crippen LogP contribution in [-0.4, -0.2) is 10.8 Å². The largest absolute Gasteiger partial charge is 0.488 e. The van der Waals surface area contributed by atoms with Crippen LogP contribution in [0.5, 0.6) is 5.75 Å². The molecule has 0 bridgehead atoms. The number of ether oxygens (including phenoxy) is 1. The van der Waals surface area contributed by atoms with E-state index in [1.165, 1.54) is 0 Å². The molecule has 1 aromatic heterocycles. The molecule has 3 aromatic rings. The number of nitrogens with zero attached hydrogens (tertiary/aromatic N) is 1. The fraction of sp³-hybridized carbons (Fsp3) is 0.130. The zero-order valence-electron chi connectivity index (χ0n) is 14.4. The van der Waals surface area contributed by atoms with Gasteiger partial charge in [0.05, 0.1) is 0 Å². The maximum absolute atomic E-state index is 12.8. The van der Waals surface area contributed by atoms with Crippen LogP contribution in [0.4, 0.5) is 0 Å². The lowest BCUT2D eigenvalue weighted by Crippen LogP contribution is -2.13. The summed E-state index contributed by atoms with van der Waals surface area (Å²) in [5, 5.41) is 0. The molecule has 26 heavy (non-hydrogen) atoms. The molecular formula is C23H19NO2. The molecule has 1 heterocycles. The van der Waals surface area contributed by atoms with Crippen molar-refractivity contribution in [1.82, 2.24) is 4.98 Å². The second kappa shape index (κ2) is 7.36. The predicted octanol–water partition coefficient (Wildman–Crippen LogP) is 4.87. The Morgan fingerprint density at radius 1 is 0.962 bits per heavy atom. The molecule has 3 nitrogen and oxygen atoms in total. The Morgan fingerprint density at radius 2 is 1.81 bits per heavy atom. The molecule has 1 aliphatic rings. The Bertz CT molecular complexity index is 961. The summed E-state index contributed by atoms with van der Waals surface area (Å²) in [7, 11) is 0.